The van der Waals surface area contributed by atoms with Crippen LogP contribution < -0.4 is 24.0 Å². The molecule has 0 spiro atoms. The fraction of sp³-hybridized carbons (Fsp3) is 0.714. The fourth-order valence-corrected chi connectivity index (χ4v) is 4.97. The summed E-state index contributed by atoms with van der Waals surface area (Å²) in [6.45, 7) is 8.49. The average Bonchev–Trinajstić information content (AvgIpc) is 2.68. The van der Waals surface area contributed by atoms with Gasteiger partial charge in [-0.2, -0.15) is 0 Å². The Morgan fingerprint density at radius 2 is 1.58 bits per heavy atom. The summed E-state index contributed by atoms with van der Waals surface area (Å²) in [4.78, 5) is 3.49. The first-order valence-electron chi connectivity index (χ1n) is 10.1. The largest absolute Gasteiger partial charge is 0.493 e. The predicted molar refractivity (Wildman–Crippen MR) is 103 cm³/mol. The Labute approximate surface area is 158 Å². The van der Waals surface area contributed by atoms with Crippen LogP contribution in [0.5, 0.6) is 17.2 Å². The summed E-state index contributed by atoms with van der Waals surface area (Å²) in [6, 6.07) is 5.00. The van der Waals surface area contributed by atoms with Gasteiger partial charge in [0.25, 0.3) is 0 Å². The zero-order chi connectivity index (χ0) is 18.5. The first kappa shape index (κ1) is 19.3. The van der Waals surface area contributed by atoms with E-state index in [1.165, 1.54) is 57.4 Å². The summed E-state index contributed by atoms with van der Waals surface area (Å²) in [5.41, 5.74) is 1.20. The molecule has 0 radical (unpaired) electrons. The van der Waals surface area contributed by atoms with E-state index in [0.717, 1.165) is 30.0 Å². The molecule has 5 nitrogen and oxygen atoms in total. The zero-order valence-electron chi connectivity index (χ0n) is 16.9. The van der Waals surface area contributed by atoms with Crippen molar-refractivity contribution in [2.45, 2.75) is 45.2 Å². The third-order valence-corrected chi connectivity index (χ3v) is 6.46. The van der Waals surface area contributed by atoms with Gasteiger partial charge in [-0.25, -0.2) is 0 Å². The van der Waals surface area contributed by atoms with Crippen LogP contribution in [-0.4, -0.2) is 53.6 Å². The summed E-state index contributed by atoms with van der Waals surface area (Å²) in [6.07, 6.45) is 5.71. The second-order valence-corrected chi connectivity index (χ2v) is 7.95. The van der Waals surface area contributed by atoms with E-state index in [0.29, 0.717) is 5.75 Å². The van der Waals surface area contributed by atoms with Crippen LogP contribution in [-0.2, 0) is 6.54 Å². The van der Waals surface area contributed by atoms with E-state index in [1.807, 2.05) is 11.0 Å². The van der Waals surface area contributed by atoms with Gasteiger partial charge in [-0.05, 0) is 31.4 Å². The minimum Gasteiger partial charge on any atom is -0.493 e. The van der Waals surface area contributed by atoms with Gasteiger partial charge in [-0.15, -0.1) is 0 Å². The molecule has 2 atom stereocenters. The lowest BCUT2D eigenvalue weighted by Crippen LogP contribution is -3.29. The summed E-state index contributed by atoms with van der Waals surface area (Å²) < 4.78 is 16.6. The number of rotatable bonds is 6. The van der Waals surface area contributed by atoms with Gasteiger partial charge < -0.3 is 24.0 Å². The van der Waals surface area contributed by atoms with Crippen molar-refractivity contribution in [2.24, 2.45) is 5.92 Å². The summed E-state index contributed by atoms with van der Waals surface area (Å²) in [5, 5.41) is 0. The van der Waals surface area contributed by atoms with E-state index in [2.05, 4.69) is 13.0 Å². The number of hydrogen-bond donors (Lipinski definition) is 2. The Morgan fingerprint density at radius 3 is 2.19 bits per heavy atom. The van der Waals surface area contributed by atoms with Crippen LogP contribution in [0.2, 0.25) is 0 Å². The second kappa shape index (κ2) is 8.96. The highest BCUT2D eigenvalue weighted by Crippen LogP contribution is 2.39. The van der Waals surface area contributed by atoms with Gasteiger partial charge in [-0.3, -0.25) is 0 Å². The number of nitrogens with one attached hydrogen (secondary N) is 2. The van der Waals surface area contributed by atoms with Gasteiger partial charge in [0.2, 0.25) is 5.75 Å². The minimum absolute atomic E-state index is 0.701. The molecule has 3 rings (SSSR count). The van der Waals surface area contributed by atoms with Crippen LogP contribution in [0.25, 0.3) is 0 Å². The highest BCUT2D eigenvalue weighted by molar-refractivity contribution is 5.55. The van der Waals surface area contributed by atoms with Crippen molar-refractivity contribution in [1.29, 1.82) is 0 Å². The van der Waals surface area contributed by atoms with Crippen molar-refractivity contribution in [2.75, 3.05) is 47.5 Å². The monoisotopic (exact) mass is 364 g/mol. The van der Waals surface area contributed by atoms with Crippen molar-refractivity contribution in [1.82, 2.24) is 0 Å². The summed E-state index contributed by atoms with van der Waals surface area (Å²) in [5.74, 6) is 3.14. The van der Waals surface area contributed by atoms with Crippen LogP contribution in [0.4, 0.5) is 0 Å². The van der Waals surface area contributed by atoms with Crippen LogP contribution >= 0.6 is 0 Å². The molecule has 26 heavy (non-hydrogen) atoms. The molecule has 0 unspecified atom stereocenters. The van der Waals surface area contributed by atoms with Gasteiger partial charge in [-0.1, -0.05) is 13.3 Å². The number of quaternary nitrogens is 2. The number of piperazine rings is 1. The Bertz CT molecular complexity index is 585. The van der Waals surface area contributed by atoms with Gasteiger partial charge in [0.05, 0.1) is 32.9 Å². The van der Waals surface area contributed by atoms with Crippen molar-refractivity contribution >= 4 is 0 Å². The molecule has 1 aliphatic carbocycles. The van der Waals surface area contributed by atoms with E-state index in [1.54, 1.807) is 26.2 Å². The lowest BCUT2D eigenvalue weighted by molar-refractivity contribution is -1.03. The molecule has 1 saturated heterocycles. The van der Waals surface area contributed by atoms with Crippen molar-refractivity contribution in [3.05, 3.63) is 17.7 Å². The molecule has 2 fully saturated rings. The highest BCUT2D eigenvalue weighted by Gasteiger charge is 2.34. The van der Waals surface area contributed by atoms with Gasteiger partial charge >= 0.3 is 0 Å². The zero-order valence-corrected chi connectivity index (χ0v) is 16.9. The fourth-order valence-electron chi connectivity index (χ4n) is 4.97. The van der Waals surface area contributed by atoms with Crippen LogP contribution in [0, 0.1) is 5.92 Å². The molecular formula is C21H36N2O3+2. The molecule has 1 aromatic carbocycles. The molecular weight excluding hydrogens is 328 g/mol. The van der Waals surface area contributed by atoms with E-state index >= 15 is 0 Å². The summed E-state index contributed by atoms with van der Waals surface area (Å²) >= 11 is 0. The van der Waals surface area contributed by atoms with E-state index in [-0.39, 0.29) is 0 Å². The maximum Gasteiger partial charge on any atom is 0.203 e. The molecule has 1 aliphatic heterocycles. The van der Waals surface area contributed by atoms with Gasteiger partial charge in [0.1, 0.15) is 32.7 Å². The maximum absolute atomic E-state index is 5.66. The first-order valence-corrected chi connectivity index (χ1v) is 10.1. The van der Waals surface area contributed by atoms with E-state index < -0.39 is 0 Å². The molecule has 1 heterocycles. The lowest BCUT2D eigenvalue weighted by Gasteiger charge is -2.39. The van der Waals surface area contributed by atoms with Gasteiger partial charge in [0.15, 0.2) is 11.5 Å². The van der Waals surface area contributed by atoms with Crippen LogP contribution in [0.1, 0.15) is 38.2 Å². The van der Waals surface area contributed by atoms with Crippen LogP contribution in [0.3, 0.4) is 0 Å². The molecule has 1 saturated carbocycles. The third kappa shape index (κ3) is 4.09. The summed E-state index contributed by atoms with van der Waals surface area (Å²) in [7, 11) is 5.05. The highest BCUT2D eigenvalue weighted by atomic mass is 16.5. The molecule has 146 valence electrons. The van der Waals surface area contributed by atoms with E-state index in [4.69, 9.17) is 14.2 Å². The maximum atomic E-state index is 5.66. The van der Waals surface area contributed by atoms with Gasteiger partial charge in [0, 0.05) is 5.92 Å². The standard InChI is InChI=1S/C21H34N2O3/c1-16-7-5-6-8-18(16)23-13-11-22(12-14-23)15-17-9-10-19(24-2)21(26-4)20(17)25-3/h9-10,16,18H,5-8,11-15H2,1-4H3/p+2/t16-,18+/m1/s1. The molecule has 0 amide bonds. The molecule has 2 N–H and O–H groups in total. The Balaban J connectivity index is 1.62. The smallest absolute Gasteiger partial charge is 0.203 e. The first-order chi connectivity index (χ1) is 12.7. The Hall–Kier alpha value is -1.46. The Kier molecular flexibility index (Phi) is 6.65. The minimum atomic E-state index is 0.701. The van der Waals surface area contributed by atoms with Crippen molar-refractivity contribution in [3.63, 3.8) is 0 Å². The molecule has 0 aromatic heterocycles. The average molecular weight is 365 g/mol. The number of hydrogen-bond acceptors (Lipinski definition) is 3. The van der Waals surface area contributed by atoms with Crippen molar-refractivity contribution in [3.8, 4) is 17.2 Å². The molecule has 5 heteroatoms. The number of methoxy groups -OCH3 is 3. The van der Waals surface area contributed by atoms with E-state index in [9.17, 15) is 0 Å². The normalized spacial score (nSPS) is 29.2. The second-order valence-electron chi connectivity index (χ2n) is 7.95. The third-order valence-electron chi connectivity index (χ3n) is 6.46. The number of ether oxygens (including phenoxy) is 3. The molecule has 2 aliphatic rings. The Morgan fingerprint density at radius 1 is 0.885 bits per heavy atom. The topological polar surface area (TPSA) is 36.6 Å². The molecule has 1 aromatic rings. The van der Waals surface area contributed by atoms with Crippen molar-refractivity contribution < 1.29 is 24.0 Å². The molecule has 0 bridgehead atoms. The predicted octanol–water partition coefficient (Wildman–Crippen LogP) is 0.575. The SMILES string of the molecule is COc1ccc(C[NH+]2CC[NH+]([C@H]3CCCC[C@H]3C)CC2)c(OC)c1OC. The quantitative estimate of drug-likeness (QED) is 0.775. The number of benzene rings is 1. The lowest BCUT2D eigenvalue weighted by atomic mass is 9.84. The van der Waals surface area contributed by atoms with Crippen LogP contribution in [0.15, 0.2) is 12.1 Å².